The number of halogens is 1. The van der Waals surface area contributed by atoms with Crippen molar-refractivity contribution in [3.8, 4) is 11.1 Å². The molecule has 0 aliphatic carbocycles. The molecule has 1 aromatic heterocycles. The van der Waals surface area contributed by atoms with Gasteiger partial charge in [0.05, 0.1) is 24.8 Å². The number of carbonyl (C=O) groups excluding carboxylic acids is 1. The Morgan fingerprint density at radius 2 is 2.15 bits per heavy atom. The van der Waals surface area contributed by atoms with Crippen LogP contribution in [0.15, 0.2) is 54.7 Å². The van der Waals surface area contributed by atoms with Crippen LogP contribution in [0.1, 0.15) is 23.7 Å². The van der Waals surface area contributed by atoms with Crippen LogP contribution in [-0.2, 0) is 4.74 Å². The number of morpholine rings is 1. The van der Waals surface area contributed by atoms with Crippen LogP contribution < -0.4 is 0 Å². The highest BCUT2D eigenvalue weighted by molar-refractivity contribution is 6.31. The molecule has 2 aromatic carbocycles. The van der Waals surface area contributed by atoms with Gasteiger partial charge in [0.25, 0.3) is 5.91 Å². The summed E-state index contributed by atoms with van der Waals surface area (Å²) < 4.78 is 5.53. The van der Waals surface area contributed by atoms with Gasteiger partial charge in [-0.05, 0) is 53.9 Å². The lowest BCUT2D eigenvalue weighted by Gasteiger charge is -2.35. The molecule has 2 heterocycles. The van der Waals surface area contributed by atoms with E-state index in [1.54, 1.807) is 6.20 Å². The highest BCUT2D eigenvalue weighted by atomic mass is 35.5. The average molecular weight is 381 g/mol. The molecule has 138 valence electrons. The first-order valence-electron chi connectivity index (χ1n) is 9.21. The molecule has 1 saturated heterocycles. The van der Waals surface area contributed by atoms with E-state index in [0.717, 1.165) is 28.5 Å². The number of benzene rings is 2. The van der Waals surface area contributed by atoms with Crippen molar-refractivity contribution >= 4 is 28.4 Å². The second-order valence-electron chi connectivity index (χ2n) is 6.74. The first-order valence-corrected chi connectivity index (χ1v) is 9.58. The largest absolute Gasteiger partial charge is 0.377 e. The number of carbonyl (C=O) groups is 1. The summed E-state index contributed by atoms with van der Waals surface area (Å²) in [5, 5.41) is 1.65. The van der Waals surface area contributed by atoms with E-state index in [0.29, 0.717) is 30.3 Å². The van der Waals surface area contributed by atoms with Crippen LogP contribution >= 0.6 is 11.6 Å². The summed E-state index contributed by atoms with van der Waals surface area (Å²) in [5.74, 6) is 0.0587. The highest BCUT2D eigenvalue weighted by Gasteiger charge is 2.26. The van der Waals surface area contributed by atoms with E-state index >= 15 is 0 Å². The molecule has 1 atom stereocenters. The Balaban J connectivity index is 1.73. The van der Waals surface area contributed by atoms with Crippen LogP contribution in [0.25, 0.3) is 22.0 Å². The number of pyridine rings is 1. The fourth-order valence-corrected chi connectivity index (χ4v) is 3.79. The summed E-state index contributed by atoms with van der Waals surface area (Å²) in [7, 11) is 0. The fraction of sp³-hybridized carbons (Fsp3) is 0.273. The lowest BCUT2D eigenvalue weighted by atomic mass is 9.99. The highest BCUT2D eigenvalue weighted by Crippen LogP contribution is 2.30. The average Bonchev–Trinajstić information content (AvgIpc) is 2.72. The smallest absolute Gasteiger partial charge is 0.254 e. The molecule has 4 nitrogen and oxygen atoms in total. The molecule has 1 amide bonds. The number of fused-ring (bicyclic) bond motifs is 1. The molecule has 3 aromatic rings. The molecule has 1 aliphatic rings. The minimum atomic E-state index is 0.0587. The topological polar surface area (TPSA) is 42.4 Å². The predicted octanol–water partition coefficient (Wildman–Crippen LogP) is 4.81. The van der Waals surface area contributed by atoms with Crippen LogP contribution in [0, 0.1) is 0 Å². The maximum atomic E-state index is 13.1. The van der Waals surface area contributed by atoms with Gasteiger partial charge in [0.2, 0.25) is 0 Å². The number of nitrogens with zero attached hydrogens (tertiary/aromatic N) is 2. The number of rotatable bonds is 3. The lowest BCUT2D eigenvalue weighted by Crippen LogP contribution is -2.48. The Kier molecular flexibility index (Phi) is 5.10. The first kappa shape index (κ1) is 18.0. The van der Waals surface area contributed by atoms with Crippen molar-refractivity contribution in [2.45, 2.75) is 19.4 Å². The van der Waals surface area contributed by atoms with Gasteiger partial charge in [0.1, 0.15) is 0 Å². The van der Waals surface area contributed by atoms with Crippen LogP contribution in [-0.4, -0.2) is 41.6 Å². The second-order valence-corrected chi connectivity index (χ2v) is 7.17. The lowest BCUT2D eigenvalue weighted by molar-refractivity contribution is -0.00279. The summed E-state index contributed by atoms with van der Waals surface area (Å²) in [5.41, 5.74) is 3.58. The van der Waals surface area contributed by atoms with Gasteiger partial charge in [-0.25, -0.2) is 0 Å². The minimum Gasteiger partial charge on any atom is -0.377 e. The van der Waals surface area contributed by atoms with Gasteiger partial charge in [-0.1, -0.05) is 30.7 Å². The number of hydrogen-bond acceptors (Lipinski definition) is 3. The SMILES string of the molecule is CC[C@H]1COCCN1C(=O)c1cccc(-c2ccnc3ccc(Cl)cc23)c1. The summed E-state index contributed by atoms with van der Waals surface area (Å²) in [4.78, 5) is 19.5. The third-order valence-corrected chi connectivity index (χ3v) is 5.32. The van der Waals surface area contributed by atoms with Gasteiger partial charge in [0.15, 0.2) is 0 Å². The molecule has 0 spiro atoms. The third-order valence-electron chi connectivity index (χ3n) is 5.08. The van der Waals surface area contributed by atoms with Gasteiger partial charge in [-0.2, -0.15) is 0 Å². The normalized spacial score (nSPS) is 17.3. The molecule has 4 rings (SSSR count). The standard InChI is InChI=1S/C22H21ClN2O2/c1-2-18-14-27-11-10-25(18)22(26)16-5-3-4-15(12-16)19-8-9-24-21-7-6-17(23)13-20(19)21/h3-9,12-13,18H,2,10-11,14H2,1H3/t18-/m0/s1. The number of hydrogen-bond donors (Lipinski definition) is 0. The maximum absolute atomic E-state index is 13.1. The molecule has 0 saturated carbocycles. The van der Waals surface area contributed by atoms with Crippen LogP contribution in [0.3, 0.4) is 0 Å². The van der Waals surface area contributed by atoms with Crippen molar-refractivity contribution < 1.29 is 9.53 Å². The molecule has 0 bridgehead atoms. The van der Waals surface area contributed by atoms with E-state index in [4.69, 9.17) is 16.3 Å². The van der Waals surface area contributed by atoms with Gasteiger partial charge in [-0.3, -0.25) is 9.78 Å². The van der Waals surface area contributed by atoms with E-state index in [1.807, 2.05) is 53.4 Å². The molecule has 5 heteroatoms. The van der Waals surface area contributed by atoms with Gasteiger partial charge in [-0.15, -0.1) is 0 Å². The monoisotopic (exact) mass is 380 g/mol. The van der Waals surface area contributed by atoms with Crippen LogP contribution in [0.4, 0.5) is 0 Å². The Bertz CT molecular complexity index is 989. The van der Waals surface area contributed by atoms with Gasteiger partial charge in [0, 0.05) is 28.7 Å². The fourth-order valence-electron chi connectivity index (χ4n) is 3.62. The summed E-state index contributed by atoms with van der Waals surface area (Å²) in [6, 6.07) is 15.6. The number of amides is 1. The van der Waals surface area contributed by atoms with Crippen LogP contribution in [0.5, 0.6) is 0 Å². The second kappa shape index (κ2) is 7.67. The Labute approximate surface area is 163 Å². The van der Waals surface area contributed by atoms with Crippen molar-refractivity contribution in [1.29, 1.82) is 0 Å². The van der Waals surface area contributed by atoms with Crippen LogP contribution in [0.2, 0.25) is 5.02 Å². The zero-order chi connectivity index (χ0) is 18.8. The zero-order valence-electron chi connectivity index (χ0n) is 15.2. The molecule has 0 radical (unpaired) electrons. The van der Waals surface area contributed by atoms with Gasteiger partial charge < -0.3 is 9.64 Å². The van der Waals surface area contributed by atoms with Crippen molar-refractivity contribution in [1.82, 2.24) is 9.88 Å². The summed E-state index contributed by atoms with van der Waals surface area (Å²) in [6.45, 7) is 3.92. The molecule has 0 unspecified atom stereocenters. The number of ether oxygens (including phenoxy) is 1. The quantitative estimate of drug-likeness (QED) is 0.655. The van der Waals surface area contributed by atoms with E-state index in [-0.39, 0.29) is 11.9 Å². The Hall–Kier alpha value is -2.43. The molecule has 1 fully saturated rings. The zero-order valence-corrected chi connectivity index (χ0v) is 15.9. The molecule has 0 N–H and O–H groups in total. The molecular formula is C22H21ClN2O2. The number of aromatic nitrogens is 1. The first-order chi connectivity index (χ1) is 13.2. The molecular weight excluding hydrogens is 360 g/mol. The van der Waals surface area contributed by atoms with E-state index in [9.17, 15) is 4.79 Å². The Morgan fingerprint density at radius 1 is 1.26 bits per heavy atom. The predicted molar refractivity (Wildman–Crippen MR) is 108 cm³/mol. The van der Waals surface area contributed by atoms with Crippen molar-refractivity contribution in [3.05, 3.63) is 65.3 Å². The van der Waals surface area contributed by atoms with E-state index in [1.165, 1.54) is 0 Å². The maximum Gasteiger partial charge on any atom is 0.254 e. The third kappa shape index (κ3) is 3.55. The Morgan fingerprint density at radius 3 is 3.00 bits per heavy atom. The van der Waals surface area contributed by atoms with E-state index in [2.05, 4.69) is 11.9 Å². The summed E-state index contributed by atoms with van der Waals surface area (Å²) >= 11 is 6.19. The van der Waals surface area contributed by atoms with Crippen molar-refractivity contribution in [2.24, 2.45) is 0 Å². The summed E-state index contributed by atoms with van der Waals surface area (Å²) in [6.07, 6.45) is 2.67. The van der Waals surface area contributed by atoms with E-state index < -0.39 is 0 Å². The molecule has 27 heavy (non-hydrogen) atoms. The van der Waals surface area contributed by atoms with Crippen molar-refractivity contribution in [2.75, 3.05) is 19.8 Å². The van der Waals surface area contributed by atoms with Crippen molar-refractivity contribution in [3.63, 3.8) is 0 Å². The van der Waals surface area contributed by atoms with Gasteiger partial charge >= 0.3 is 0 Å². The minimum absolute atomic E-state index is 0.0587. The molecule has 1 aliphatic heterocycles.